The molecule has 0 saturated heterocycles. The van der Waals surface area contributed by atoms with Gasteiger partial charge in [-0.15, -0.1) is 0 Å². The van der Waals surface area contributed by atoms with Gasteiger partial charge in [-0.1, -0.05) is 74.3 Å². The molecule has 0 aliphatic heterocycles. The maximum atomic E-state index is 12.3. The van der Waals surface area contributed by atoms with Crippen LogP contribution in [0.25, 0.3) is 0 Å². The molecule has 0 unspecified atom stereocenters. The fraction of sp³-hybridized carbons (Fsp3) is 0.200. The van der Waals surface area contributed by atoms with E-state index >= 15 is 0 Å². The highest BCUT2D eigenvalue weighted by Gasteiger charge is 2.14. The first-order chi connectivity index (χ1) is 14.7. The molecule has 4 nitrogen and oxygen atoms in total. The number of hydrogen-bond donors (Lipinski definition) is 1. The highest BCUT2D eigenvalue weighted by molar-refractivity contribution is 6.35. The van der Waals surface area contributed by atoms with Crippen molar-refractivity contribution in [2.24, 2.45) is 5.10 Å². The first-order valence-electron chi connectivity index (χ1n) is 9.83. The summed E-state index contributed by atoms with van der Waals surface area (Å²) < 4.78 is 5.81. The molecule has 0 saturated carbocycles. The van der Waals surface area contributed by atoms with Crippen molar-refractivity contribution >= 4 is 35.3 Å². The molecule has 1 N–H and O–H groups in total. The predicted molar refractivity (Wildman–Crippen MR) is 127 cm³/mol. The normalized spacial score (nSPS) is 11.5. The molecule has 3 rings (SSSR count). The van der Waals surface area contributed by atoms with Crippen LogP contribution in [0.4, 0.5) is 0 Å². The van der Waals surface area contributed by atoms with E-state index in [1.807, 2.05) is 54.6 Å². The van der Waals surface area contributed by atoms with Gasteiger partial charge in [-0.3, -0.25) is 4.79 Å². The van der Waals surface area contributed by atoms with Gasteiger partial charge in [-0.05, 0) is 52.9 Å². The zero-order chi connectivity index (χ0) is 22.4. The molecule has 0 aliphatic rings. The van der Waals surface area contributed by atoms with Crippen molar-refractivity contribution in [2.75, 3.05) is 0 Å². The molecule has 160 valence electrons. The van der Waals surface area contributed by atoms with E-state index < -0.39 is 0 Å². The third-order valence-electron chi connectivity index (χ3n) is 4.66. The van der Waals surface area contributed by atoms with Crippen LogP contribution >= 0.6 is 23.2 Å². The number of halogens is 2. The van der Waals surface area contributed by atoms with E-state index in [2.05, 4.69) is 31.3 Å². The van der Waals surface area contributed by atoms with Crippen LogP contribution in [0.2, 0.25) is 10.0 Å². The molecule has 0 fully saturated rings. The fourth-order valence-electron chi connectivity index (χ4n) is 2.84. The Hall–Kier alpha value is -2.82. The number of benzene rings is 3. The Balaban J connectivity index is 1.58. The van der Waals surface area contributed by atoms with Crippen molar-refractivity contribution in [1.82, 2.24) is 5.43 Å². The lowest BCUT2D eigenvalue weighted by molar-refractivity contribution is 0.0955. The third kappa shape index (κ3) is 6.58. The van der Waals surface area contributed by atoms with E-state index in [1.54, 1.807) is 18.3 Å². The lowest BCUT2D eigenvalue weighted by Crippen LogP contribution is -2.18. The largest absolute Gasteiger partial charge is 0.489 e. The molecule has 1 amide bonds. The summed E-state index contributed by atoms with van der Waals surface area (Å²) in [5.74, 6) is 0.403. The van der Waals surface area contributed by atoms with Gasteiger partial charge in [0.15, 0.2) is 0 Å². The average Bonchev–Trinajstić information content (AvgIpc) is 2.73. The standard InChI is InChI=1S/C25H24Cl2N2O2/c1-25(2,3)20-10-7-18(8-11-20)24(30)29-28-15-17-5-4-6-22(13-17)31-16-19-9-12-21(26)14-23(19)27/h4-15H,16H2,1-3H3,(H,29,30)/b28-15-. The summed E-state index contributed by atoms with van der Waals surface area (Å²) in [5, 5.41) is 5.20. The molecule has 0 atom stereocenters. The highest BCUT2D eigenvalue weighted by Crippen LogP contribution is 2.23. The number of carbonyl (C=O) groups is 1. The van der Waals surface area contributed by atoms with Crippen LogP contribution < -0.4 is 10.2 Å². The topological polar surface area (TPSA) is 50.7 Å². The molecule has 0 bridgehead atoms. The number of hydrazone groups is 1. The van der Waals surface area contributed by atoms with E-state index in [0.717, 1.165) is 11.1 Å². The Morgan fingerprint density at radius 3 is 2.45 bits per heavy atom. The van der Waals surface area contributed by atoms with Gasteiger partial charge < -0.3 is 4.74 Å². The van der Waals surface area contributed by atoms with Gasteiger partial charge in [0.1, 0.15) is 12.4 Å². The molecule has 0 aliphatic carbocycles. The number of ether oxygens (including phenoxy) is 1. The average molecular weight is 455 g/mol. The Morgan fingerprint density at radius 2 is 1.77 bits per heavy atom. The van der Waals surface area contributed by atoms with Gasteiger partial charge in [0.25, 0.3) is 5.91 Å². The van der Waals surface area contributed by atoms with E-state index in [4.69, 9.17) is 27.9 Å². The highest BCUT2D eigenvalue weighted by atomic mass is 35.5. The van der Waals surface area contributed by atoms with Gasteiger partial charge in [0.05, 0.1) is 6.21 Å². The first kappa shape index (κ1) is 22.9. The Bertz CT molecular complexity index is 1090. The van der Waals surface area contributed by atoms with Crippen LogP contribution in [-0.2, 0) is 12.0 Å². The Morgan fingerprint density at radius 1 is 1.03 bits per heavy atom. The van der Waals surface area contributed by atoms with Crippen molar-refractivity contribution < 1.29 is 9.53 Å². The second-order valence-corrected chi connectivity index (χ2v) is 8.97. The zero-order valence-electron chi connectivity index (χ0n) is 17.7. The Labute approximate surface area is 192 Å². The van der Waals surface area contributed by atoms with E-state index in [0.29, 0.717) is 28.0 Å². The quantitative estimate of drug-likeness (QED) is 0.335. The van der Waals surface area contributed by atoms with Crippen LogP contribution in [0.3, 0.4) is 0 Å². The third-order valence-corrected chi connectivity index (χ3v) is 5.25. The van der Waals surface area contributed by atoms with Gasteiger partial charge in [-0.25, -0.2) is 5.43 Å². The second kappa shape index (κ2) is 9.99. The zero-order valence-corrected chi connectivity index (χ0v) is 19.2. The molecule has 6 heteroatoms. The fourth-order valence-corrected chi connectivity index (χ4v) is 3.30. The number of amides is 1. The second-order valence-electron chi connectivity index (χ2n) is 8.12. The molecule has 0 aromatic heterocycles. The minimum Gasteiger partial charge on any atom is -0.489 e. The van der Waals surface area contributed by atoms with Crippen molar-refractivity contribution in [2.45, 2.75) is 32.8 Å². The number of nitrogens with zero attached hydrogens (tertiary/aromatic N) is 1. The summed E-state index contributed by atoms with van der Waals surface area (Å²) in [6.45, 7) is 6.72. The molecule has 0 spiro atoms. The summed E-state index contributed by atoms with van der Waals surface area (Å²) in [7, 11) is 0. The van der Waals surface area contributed by atoms with Crippen molar-refractivity contribution in [1.29, 1.82) is 0 Å². The molecular weight excluding hydrogens is 431 g/mol. The molecule has 31 heavy (non-hydrogen) atoms. The van der Waals surface area contributed by atoms with Crippen LogP contribution in [0.15, 0.2) is 71.8 Å². The minimum absolute atomic E-state index is 0.0408. The van der Waals surface area contributed by atoms with E-state index in [-0.39, 0.29) is 11.3 Å². The van der Waals surface area contributed by atoms with Crippen LogP contribution in [0, 0.1) is 0 Å². The molecule has 3 aromatic rings. The summed E-state index contributed by atoms with van der Waals surface area (Å²) in [6, 6.07) is 20.2. The van der Waals surface area contributed by atoms with Crippen LogP contribution in [-0.4, -0.2) is 12.1 Å². The first-order valence-corrected chi connectivity index (χ1v) is 10.6. The smallest absolute Gasteiger partial charge is 0.271 e. The van der Waals surface area contributed by atoms with Gasteiger partial charge in [0.2, 0.25) is 0 Å². The van der Waals surface area contributed by atoms with Gasteiger partial charge in [-0.2, -0.15) is 5.10 Å². The molecule has 3 aromatic carbocycles. The minimum atomic E-state index is -0.263. The molecule has 0 radical (unpaired) electrons. The van der Waals surface area contributed by atoms with Crippen LogP contribution in [0.5, 0.6) is 5.75 Å². The number of carbonyl (C=O) groups excluding carboxylic acids is 1. The SMILES string of the molecule is CC(C)(C)c1ccc(C(=O)N/N=C\c2cccc(OCc3ccc(Cl)cc3Cl)c2)cc1. The maximum absolute atomic E-state index is 12.3. The van der Waals surface area contributed by atoms with E-state index in [9.17, 15) is 4.79 Å². The predicted octanol–water partition coefficient (Wildman–Crippen LogP) is 6.63. The van der Waals surface area contributed by atoms with Crippen molar-refractivity contribution in [3.05, 3.63) is 99.0 Å². The molecular formula is C25H24Cl2N2O2. The van der Waals surface area contributed by atoms with Gasteiger partial charge >= 0.3 is 0 Å². The summed E-state index contributed by atoms with van der Waals surface area (Å²) in [6.07, 6.45) is 1.57. The number of rotatable bonds is 6. The maximum Gasteiger partial charge on any atom is 0.271 e. The van der Waals surface area contributed by atoms with E-state index in [1.165, 1.54) is 5.56 Å². The van der Waals surface area contributed by atoms with Gasteiger partial charge in [0, 0.05) is 21.2 Å². The summed E-state index contributed by atoms with van der Waals surface area (Å²) >= 11 is 12.1. The monoisotopic (exact) mass is 454 g/mol. The van der Waals surface area contributed by atoms with Crippen LogP contribution in [0.1, 0.15) is 47.8 Å². The molecule has 0 heterocycles. The van der Waals surface area contributed by atoms with Crippen molar-refractivity contribution in [3.8, 4) is 5.75 Å². The lowest BCUT2D eigenvalue weighted by Gasteiger charge is -2.18. The number of nitrogens with one attached hydrogen (secondary N) is 1. The number of hydrogen-bond acceptors (Lipinski definition) is 3. The lowest BCUT2D eigenvalue weighted by atomic mass is 9.87. The Kier molecular flexibility index (Phi) is 7.37. The van der Waals surface area contributed by atoms with Crippen molar-refractivity contribution in [3.63, 3.8) is 0 Å². The summed E-state index contributed by atoms with van der Waals surface area (Å²) in [4.78, 5) is 12.3. The summed E-state index contributed by atoms with van der Waals surface area (Å²) in [5.41, 5.74) is 5.96.